The predicted molar refractivity (Wildman–Crippen MR) is 77.4 cm³/mol. The third-order valence-electron chi connectivity index (χ3n) is 2.68. The summed E-state index contributed by atoms with van der Waals surface area (Å²) in [4.78, 5) is 11.8. The van der Waals surface area contributed by atoms with Gasteiger partial charge in [-0.15, -0.1) is 0 Å². The van der Waals surface area contributed by atoms with Crippen LogP contribution in [0.5, 0.6) is 0 Å². The molecule has 100 valence electrons. The highest BCUT2D eigenvalue weighted by atomic mass is 35.5. The number of hydrogen-bond donors (Lipinski definition) is 1. The Morgan fingerprint density at radius 3 is 2.79 bits per heavy atom. The quantitative estimate of drug-likeness (QED) is 0.947. The molecule has 0 saturated heterocycles. The molecule has 0 unspecified atom stereocenters. The number of hydrogen-bond acceptors (Lipinski definition) is 3. The number of rotatable bonds is 3. The zero-order valence-corrected chi connectivity index (χ0v) is 12.1. The van der Waals surface area contributed by atoms with Crippen molar-refractivity contribution in [2.24, 2.45) is 0 Å². The van der Waals surface area contributed by atoms with E-state index in [1.807, 2.05) is 6.07 Å². The summed E-state index contributed by atoms with van der Waals surface area (Å²) in [6.45, 7) is 2.20. The SMILES string of the molecule is CNCc1nn(-c2cccc(Cl)c2Cl)c(C)cc1=O. The second-order valence-electron chi connectivity index (χ2n) is 4.11. The highest BCUT2D eigenvalue weighted by molar-refractivity contribution is 6.43. The van der Waals surface area contributed by atoms with Gasteiger partial charge < -0.3 is 5.32 Å². The van der Waals surface area contributed by atoms with Crippen molar-refractivity contribution in [1.29, 1.82) is 0 Å². The number of aromatic nitrogens is 2. The van der Waals surface area contributed by atoms with Gasteiger partial charge in [-0.1, -0.05) is 29.3 Å². The summed E-state index contributed by atoms with van der Waals surface area (Å²) in [5.74, 6) is 0. The minimum atomic E-state index is -0.0961. The first kappa shape index (κ1) is 14.1. The number of benzene rings is 1. The average Bonchev–Trinajstić information content (AvgIpc) is 2.37. The van der Waals surface area contributed by atoms with Crippen molar-refractivity contribution < 1.29 is 0 Å². The Balaban J connectivity index is 2.65. The van der Waals surface area contributed by atoms with Crippen LogP contribution in [-0.4, -0.2) is 16.8 Å². The highest BCUT2D eigenvalue weighted by Crippen LogP contribution is 2.28. The lowest BCUT2D eigenvalue weighted by atomic mass is 10.2. The summed E-state index contributed by atoms with van der Waals surface area (Å²) in [5.41, 5.74) is 1.70. The molecule has 6 heteroatoms. The molecule has 2 rings (SSSR count). The molecule has 0 amide bonds. The molecule has 1 aromatic carbocycles. The summed E-state index contributed by atoms with van der Waals surface area (Å²) in [6.07, 6.45) is 0. The summed E-state index contributed by atoms with van der Waals surface area (Å²) >= 11 is 12.2. The van der Waals surface area contributed by atoms with E-state index < -0.39 is 0 Å². The van der Waals surface area contributed by atoms with Gasteiger partial charge in [-0.3, -0.25) is 4.79 Å². The number of nitrogens with one attached hydrogen (secondary N) is 1. The maximum absolute atomic E-state index is 11.8. The van der Waals surface area contributed by atoms with E-state index in [1.165, 1.54) is 6.07 Å². The molecule has 0 radical (unpaired) electrons. The first-order chi connectivity index (χ1) is 9.04. The normalized spacial score (nSPS) is 10.7. The second-order valence-corrected chi connectivity index (χ2v) is 4.90. The molecule has 0 fully saturated rings. The van der Waals surface area contributed by atoms with Gasteiger partial charge >= 0.3 is 0 Å². The van der Waals surface area contributed by atoms with Crippen molar-refractivity contribution in [3.05, 3.63) is 55.9 Å². The summed E-state index contributed by atoms with van der Waals surface area (Å²) in [7, 11) is 1.76. The molecule has 0 aliphatic carbocycles. The standard InChI is InChI=1S/C13H13Cl2N3O/c1-8-6-12(19)10(7-16-2)17-18(8)11-5-3-4-9(14)13(11)15/h3-6,16H,7H2,1-2H3. The number of aryl methyl sites for hydroxylation is 1. The van der Waals surface area contributed by atoms with Crippen molar-refractivity contribution in [1.82, 2.24) is 15.1 Å². The van der Waals surface area contributed by atoms with Crippen molar-refractivity contribution in [2.45, 2.75) is 13.5 Å². The van der Waals surface area contributed by atoms with Crippen LogP contribution < -0.4 is 10.7 Å². The lowest BCUT2D eigenvalue weighted by molar-refractivity contribution is 0.704. The largest absolute Gasteiger partial charge is 0.314 e. The summed E-state index contributed by atoms with van der Waals surface area (Å²) in [5, 5.41) is 8.11. The van der Waals surface area contributed by atoms with E-state index in [4.69, 9.17) is 23.2 Å². The van der Waals surface area contributed by atoms with Crippen LogP contribution in [0, 0.1) is 6.92 Å². The Labute approximate surface area is 121 Å². The van der Waals surface area contributed by atoms with Gasteiger partial charge in [-0.05, 0) is 26.1 Å². The molecule has 2 aromatic rings. The van der Waals surface area contributed by atoms with Gasteiger partial charge in [0.1, 0.15) is 5.69 Å². The van der Waals surface area contributed by atoms with Crippen LogP contribution in [0.3, 0.4) is 0 Å². The minimum absolute atomic E-state index is 0.0961. The molecule has 1 heterocycles. The van der Waals surface area contributed by atoms with Crippen LogP contribution in [0.25, 0.3) is 5.69 Å². The van der Waals surface area contributed by atoms with Gasteiger partial charge in [0.05, 0.1) is 15.7 Å². The van der Waals surface area contributed by atoms with Gasteiger partial charge in [0.15, 0.2) is 0 Å². The lowest BCUT2D eigenvalue weighted by Gasteiger charge is -2.13. The topological polar surface area (TPSA) is 46.9 Å². The van der Waals surface area contributed by atoms with Crippen LogP contribution in [0.2, 0.25) is 10.0 Å². The van der Waals surface area contributed by atoms with Crippen molar-refractivity contribution in [3.63, 3.8) is 0 Å². The van der Waals surface area contributed by atoms with E-state index in [0.717, 1.165) is 0 Å². The fraction of sp³-hybridized carbons (Fsp3) is 0.231. The fourth-order valence-electron chi connectivity index (χ4n) is 1.77. The maximum atomic E-state index is 11.8. The zero-order valence-electron chi connectivity index (χ0n) is 10.6. The third-order valence-corrected chi connectivity index (χ3v) is 3.49. The molecule has 0 atom stereocenters. The Kier molecular flexibility index (Phi) is 4.24. The Hall–Kier alpha value is -1.36. The highest BCUT2D eigenvalue weighted by Gasteiger charge is 2.11. The van der Waals surface area contributed by atoms with E-state index in [2.05, 4.69) is 10.4 Å². The molecule has 0 spiro atoms. The van der Waals surface area contributed by atoms with Crippen LogP contribution in [0.15, 0.2) is 29.1 Å². The molecular weight excluding hydrogens is 285 g/mol. The molecule has 0 aliphatic heterocycles. The minimum Gasteiger partial charge on any atom is -0.314 e. The first-order valence-corrected chi connectivity index (χ1v) is 6.49. The second kappa shape index (κ2) is 5.74. The molecule has 0 aliphatic rings. The molecular formula is C13H13Cl2N3O. The van der Waals surface area contributed by atoms with E-state index in [0.29, 0.717) is 33.7 Å². The zero-order chi connectivity index (χ0) is 14.0. The van der Waals surface area contributed by atoms with Gasteiger partial charge in [0, 0.05) is 18.3 Å². The number of halogens is 2. The predicted octanol–water partition coefficient (Wildman–Crippen LogP) is 2.57. The van der Waals surface area contributed by atoms with E-state index >= 15 is 0 Å². The molecule has 0 saturated carbocycles. The third kappa shape index (κ3) is 2.81. The van der Waals surface area contributed by atoms with Crippen molar-refractivity contribution >= 4 is 23.2 Å². The van der Waals surface area contributed by atoms with Gasteiger partial charge in [-0.2, -0.15) is 5.10 Å². The molecule has 4 nitrogen and oxygen atoms in total. The van der Waals surface area contributed by atoms with Crippen LogP contribution >= 0.6 is 23.2 Å². The monoisotopic (exact) mass is 297 g/mol. The molecule has 0 bridgehead atoms. The van der Waals surface area contributed by atoms with Gasteiger partial charge in [-0.25, -0.2) is 4.68 Å². The van der Waals surface area contributed by atoms with Crippen LogP contribution in [-0.2, 0) is 6.54 Å². The van der Waals surface area contributed by atoms with E-state index in [-0.39, 0.29) is 5.43 Å². The van der Waals surface area contributed by atoms with Gasteiger partial charge in [0.25, 0.3) is 0 Å². The molecule has 1 aromatic heterocycles. The Morgan fingerprint density at radius 2 is 2.11 bits per heavy atom. The molecule has 19 heavy (non-hydrogen) atoms. The van der Waals surface area contributed by atoms with Crippen LogP contribution in [0.1, 0.15) is 11.4 Å². The van der Waals surface area contributed by atoms with Crippen molar-refractivity contribution in [3.8, 4) is 5.69 Å². The maximum Gasteiger partial charge on any atom is 0.204 e. The van der Waals surface area contributed by atoms with Crippen molar-refractivity contribution in [2.75, 3.05) is 7.05 Å². The van der Waals surface area contributed by atoms with Gasteiger partial charge in [0.2, 0.25) is 5.43 Å². The number of nitrogens with zero attached hydrogens (tertiary/aromatic N) is 2. The fourth-order valence-corrected chi connectivity index (χ4v) is 2.15. The van der Waals surface area contributed by atoms with E-state index in [9.17, 15) is 4.79 Å². The smallest absolute Gasteiger partial charge is 0.204 e. The van der Waals surface area contributed by atoms with Crippen LogP contribution in [0.4, 0.5) is 0 Å². The molecule has 1 N–H and O–H groups in total. The summed E-state index contributed by atoms with van der Waals surface area (Å²) in [6, 6.07) is 6.85. The summed E-state index contributed by atoms with van der Waals surface area (Å²) < 4.78 is 1.63. The first-order valence-electron chi connectivity index (χ1n) is 5.73. The Morgan fingerprint density at radius 1 is 1.37 bits per heavy atom. The average molecular weight is 298 g/mol. The Bertz CT molecular complexity index is 667. The van der Waals surface area contributed by atoms with E-state index in [1.54, 1.807) is 30.8 Å². The lowest BCUT2D eigenvalue weighted by Crippen LogP contribution is -2.22.